The van der Waals surface area contributed by atoms with Crippen molar-refractivity contribution in [3.63, 3.8) is 0 Å². The van der Waals surface area contributed by atoms with Gasteiger partial charge in [0.25, 0.3) is 0 Å². The second-order valence-corrected chi connectivity index (χ2v) is 7.40. The molecule has 0 unspecified atom stereocenters. The van der Waals surface area contributed by atoms with Crippen molar-refractivity contribution in [2.24, 2.45) is 0 Å². The zero-order valence-corrected chi connectivity index (χ0v) is 17.2. The van der Waals surface area contributed by atoms with E-state index < -0.39 is 0 Å². The van der Waals surface area contributed by atoms with Crippen LogP contribution in [0.5, 0.6) is 11.5 Å². The van der Waals surface area contributed by atoms with Crippen LogP contribution >= 0.6 is 0 Å². The standard InChI is InChI=1S/C24H25NO5/c1-28-19-9-7-16-8-10-21(26)22(20(16)15-19)23(25-11-13-30-14-12-25)17-3-5-18(6-4-17)24(27)29-2/h3-10,15,23,26H,11-14H2,1-2H3/p+1/t23-/m0/s1. The minimum atomic E-state index is -0.366. The fraction of sp³-hybridized carbons (Fsp3) is 0.292. The van der Waals surface area contributed by atoms with Crippen LogP contribution in [0.25, 0.3) is 10.8 Å². The van der Waals surface area contributed by atoms with E-state index in [0.29, 0.717) is 18.8 Å². The number of benzene rings is 3. The molecule has 1 heterocycles. The minimum Gasteiger partial charge on any atom is -0.507 e. The largest absolute Gasteiger partial charge is 0.507 e. The number of aromatic hydroxyl groups is 1. The first-order valence-corrected chi connectivity index (χ1v) is 10.0. The van der Waals surface area contributed by atoms with Crippen LogP contribution in [0, 0.1) is 0 Å². The predicted molar refractivity (Wildman–Crippen MR) is 113 cm³/mol. The minimum absolute atomic E-state index is 0.114. The van der Waals surface area contributed by atoms with Crippen LogP contribution in [0.1, 0.15) is 27.5 Å². The third-order valence-corrected chi connectivity index (χ3v) is 5.74. The van der Waals surface area contributed by atoms with E-state index >= 15 is 0 Å². The molecule has 3 aromatic rings. The normalized spacial score (nSPS) is 15.7. The number of rotatable bonds is 5. The Labute approximate surface area is 175 Å². The van der Waals surface area contributed by atoms with E-state index in [0.717, 1.165) is 40.7 Å². The number of hydrogen-bond acceptors (Lipinski definition) is 5. The molecule has 0 spiro atoms. The molecule has 0 radical (unpaired) electrons. The molecule has 2 N–H and O–H groups in total. The van der Waals surface area contributed by atoms with Gasteiger partial charge in [0, 0.05) is 5.56 Å². The summed E-state index contributed by atoms with van der Waals surface area (Å²) in [7, 11) is 3.01. The lowest BCUT2D eigenvalue weighted by Crippen LogP contribution is -3.14. The van der Waals surface area contributed by atoms with Crippen LogP contribution in [-0.4, -0.2) is 51.6 Å². The summed E-state index contributed by atoms with van der Waals surface area (Å²) in [5.74, 6) is 0.623. The van der Waals surface area contributed by atoms with Gasteiger partial charge in [-0.3, -0.25) is 0 Å². The van der Waals surface area contributed by atoms with Gasteiger partial charge in [-0.25, -0.2) is 4.79 Å². The quantitative estimate of drug-likeness (QED) is 0.635. The van der Waals surface area contributed by atoms with Crippen molar-refractivity contribution in [2.45, 2.75) is 6.04 Å². The van der Waals surface area contributed by atoms with Crippen LogP contribution in [0.4, 0.5) is 0 Å². The van der Waals surface area contributed by atoms with Crippen LogP contribution in [0.3, 0.4) is 0 Å². The van der Waals surface area contributed by atoms with E-state index in [1.54, 1.807) is 25.3 Å². The Bertz CT molecular complexity index is 1040. The molecule has 1 fully saturated rings. The number of methoxy groups -OCH3 is 2. The number of phenols is 1. The number of fused-ring (bicyclic) bond motifs is 1. The maximum Gasteiger partial charge on any atom is 0.337 e. The van der Waals surface area contributed by atoms with E-state index in [1.165, 1.54) is 12.0 Å². The molecular formula is C24H26NO5+. The molecule has 3 aromatic carbocycles. The Morgan fingerprint density at radius 1 is 1.03 bits per heavy atom. The fourth-order valence-electron chi connectivity index (χ4n) is 4.20. The van der Waals surface area contributed by atoms with Gasteiger partial charge < -0.3 is 24.2 Å². The van der Waals surface area contributed by atoms with E-state index in [4.69, 9.17) is 14.2 Å². The van der Waals surface area contributed by atoms with Gasteiger partial charge >= 0.3 is 5.97 Å². The molecule has 1 saturated heterocycles. The molecule has 1 aliphatic heterocycles. The summed E-state index contributed by atoms with van der Waals surface area (Å²) in [5, 5.41) is 12.9. The maximum absolute atomic E-state index is 11.9. The predicted octanol–water partition coefficient (Wildman–Crippen LogP) is 2.35. The third-order valence-electron chi connectivity index (χ3n) is 5.74. The monoisotopic (exact) mass is 408 g/mol. The summed E-state index contributed by atoms with van der Waals surface area (Å²) in [6, 6.07) is 16.9. The lowest BCUT2D eigenvalue weighted by molar-refractivity contribution is -0.933. The summed E-state index contributed by atoms with van der Waals surface area (Å²) in [6.45, 7) is 2.98. The molecule has 0 amide bonds. The van der Waals surface area contributed by atoms with Gasteiger partial charge in [0.1, 0.15) is 30.6 Å². The number of hydrogen-bond donors (Lipinski definition) is 2. The van der Waals surface area contributed by atoms with Crippen molar-refractivity contribution in [3.05, 3.63) is 71.3 Å². The number of ether oxygens (including phenoxy) is 3. The fourth-order valence-corrected chi connectivity index (χ4v) is 4.20. The highest BCUT2D eigenvalue weighted by atomic mass is 16.5. The third kappa shape index (κ3) is 3.84. The lowest BCUT2D eigenvalue weighted by atomic mass is 9.90. The van der Waals surface area contributed by atoms with Crippen molar-refractivity contribution in [3.8, 4) is 11.5 Å². The molecule has 4 rings (SSSR count). The van der Waals surface area contributed by atoms with E-state index in [-0.39, 0.29) is 17.8 Å². The van der Waals surface area contributed by atoms with Gasteiger partial charge in [0.15, 0.2) is 0 Å². The SMILES string of the molecule is COC(=O)c1ccc([C@@H](c2c(O)ccc3ccc(OC)cc23)[NH+]2CCOCC2)cc1. The molecule has 0 saturated carbocycles. The summed E-state index contributed by atoms with van der Waals surface area (Å²) >= 11 is 0. The molecular weight excluding hydrogens is 382 g/mol. The molecule has 156 valence electrons. The zero-order chi connectivity index (χ0) is 21.1. The molecule has 6 nitrogen and oxygen atoms in total. The van der Waals surface area contributed by atoms with Crippen LogP contribution in [-0.2, 0) is 9.47 Å². The number of nitrogens with one attached hydrogen (secondary N) is 1. The second-order valence-electron chi connectivity index (χ2n) is 7.40. The van der Waals surface area contributed by atoms with Crippen molar-refractivity contribution < 1.29 is 29.0 Å². The molecule has 1 aliphatic rings. The average molecular weight is 408 g/mol. The number of carbonyl (C=O) groups is 1. The van der Waals surface area contributed by atoms with Crippen LogP contribution in [0.2, 0.25) is 0 Å². The topological polar surface area (TPSA) is 69.4 Å². The van der Waals surface area contributed by atoms with Crippen LogP contribution in [0.15, 0.2) is 54.6 Å². The molecule has 0 bridgehead atoms. The highest BCUT2D eigenvalue weighted by Gasteiger charge is 2.32. The van der Waals surface area contributed by atoms with E-state index in [1.807, 2.05) is 36.4 Å². The number of esters is 1. The molecule has 0 aliphatic carbocycles. The number of morpholine rings is 1. The highest BCUT2D eigenvalue weighted by Crippen LogP contribution is 2.36. The Balaban J connectivity index is 1.88. The summed E-state index contributed by atoms with van der Waals surface area (Å²) in [5.41, 5.74) is 2.38. The van der Waals surface area contributed by atoms with Gasteiger partial charge in [-0.1, -0.05) is 24.3 Å². The first-order chi connectivity index (χ1) is 14.6. The Morgan fingerprint density at radius 2 is 1.73 bits per heavy atom. The molecule has 30 heavy (non-hydrogen) atoms. The van der Waals surface area contributed by atoms with Gasteiger partial charge in [0.05, 0.1) is 38.6 Å². The van der Waals surface area contributed by atoms with Gasteiger partial charge in [-0.15, -0.1) is 0 Å². The Hall–Kier alpha value is -3.09. The number of quaternary nitrogens is 1. The highest BCUT2D eigenvalue weighted by molar-refractivity contribution is 5.90. The lowest BCUT2D eigenvalue weighted by Gasteiger charge is -2.33. The summed E-state index contributed by atoms with van der Waals surface area (Å²) in [6.07, 6.45) is 0. The average Bonchev–Trinajstić information content (AvgIpc) is 2.81. The summed E-state index contributed by atoms with van der Waals surface area (Å²) in [4.78, 5) is 13.2. The van der Waals surface area contributed by atoms with Crippen molar-refractivity contribution in [1.82, 2.24) is 0 Å². The molecule has 0 aromatic heterocycles. The number of phenolic OH excluding ortho intramolecular Hbond substituents is 1. The second kappa shape index (κ2) is 8.73. The van der Waals surface area contributed by atoms with E-state index in [9.17, 15) is 9.90 Å². The molecule has 6 heteroatoms. The van der Waals surface area contributed by atoms with Gasteiger partial charge in [-0.05, 0) is 41.1 Å². The van der Waals surface area contributed by atoms with Crippen molar-refractivity contribution >= 4 is 16.7 Å². The van der Waals surface area contributed by atoms with Crippen molar-refractivity contribution in [1.29, 1.82) is 0 Å². The zero-order valence-electron chi connectivity index (χ0n) is 17.2. The Kier molecular flexibility index (Phi) is 5.88. The van der Waals surface area contributed by atoms with Crippen molar-refractivity contribution in [2.75, 3.05) is 40.5 Å². The van der Waals surface area contributed by atoms with Crippen LogP contribution < -0.4 is 9.64 Å². The van der Waals surface area contributed by atoms with E-state index in [2.05, 4.69) is 0 Å². The smallest absolute Gasteiger partial charge is 0.337 e. The first kappa shape index (κ1) is 20.2. The molecule has 1 atom stereocenters. The first-order valence-electron chi connectivity index (χ1n) is 10.0. The van der Waals surface area contributed by atoms with Gasteiger partial charge in [0.2, 0.25) is 0 Å². The van der Waals surface area contributed by atoms with Gasteiger partial charge in [-0.2, -0.15) is 0 Å². The summed E-state index contributed by atoms with van der Waals surface area (Å²) < 4.78 is 15.8. The Morgan fingerprint density at radius 3 is 2.40 bits per heavy atom. The number of carbonyl (C=O) groups excluding carboxylic acids is 1. The maximum atomic E-state index is 11.9.